The standard InChI is InChI=1S/C14H17ClN4O4/c1-6-9-10(23-14(2,3)22-9)8(20)13(21-6)19-5-18-7-11(15)16-4-17-12(7)19/h4-6,8-10,13,20H,1-3H3. The van der Waals surface area contributed by atoms with E-state index in [9.17, 15) is 5.11 Å². The SMILES string of the molecule is CC1OC(n2cnc3c(Cl)ncnc32)C(O)C2OC(C)(C)OC12. The molecule has 2 aliphatic rings. The Morgan fingerprint density at radius 1 is 1.22 bits per heavy atom. The number of ether oxygens (including phenoxy) is 3. The molecule has 9 heteroatoms. The Labute approximate surface area is 137 Å². The predicted molar refractivity (Wildman–Crippen MR) is 79.7 cm³/mol. The summed E-state index contributed by atoms with van der Waals surface area (Å²) in [5.74, 6) is -0.759. The molecule has 8 nitrogen and oxygen atoms in total. The number of aliphatic hydroxyl groups excluding tert-OH is 1. The van der Waals surface area contributed by atoms with Crippen LogP contribution in [0, 0.1) is 0 Å². The molecule has 0 aliphatic carbocycles. The van der Waals surface area contributed by atoms with E-state index in [1.165, 1.54) is 12.7 Å². The monoisotopic (exact) mass is 340 g/mol. The van der Waals surface area contributed by atoms with Crippen LogP contribution in [0.5, 0.6) is 0 Å². The highest BCUT2D eigenvalue weighted by Crippen LogP contribution is 2.40. The fourth-order valence-corrected chi connectivity index (χ4v) is 3.40. The largest absolute Gasteiger partial charge is 0.386 e. The minimum Gasteiger partial charge on any atom is -0.386 e. The molecule has 0 bridgehead atoms. The van der Waals surface area contributed by atoms with Gasteiger partial charge in [-0.2, -0.15) is 0 Å². The summed E-state index contributed by atoms with van der Waals surface area (Å²) in [5.41, 5.74) is 0.960. The minimum absolute atomic E-state index is 0.256. The summed E-state index contributed by atoms with van der Waals surface area (Å²) in [7, 11) is 0. The van der Waals surface area contributed by atoms with Crippen molar-refractivity contribution >= 4 is 22.8 Å². The van der Waals surface area contributed by atoms with E-state index in [1.807, 2.05) is 20.8 Å². The third-order valence-corrected chi connectivity index (χ3v) is 4.47. The maximum atomic E-state index is 10.7. The number of rotatable bonds is 1. The molecule has 2 aliphatic heterocycles. The van der Waals surface area contributed by atoms with Crippen molar-refractivity contribution in [2.75, 3.05) is 0 Å². The average molecular weight is 341 g/mol. The van der Waals surface area contributed by atoms with E-state index in [2.05, 4.69) is 15.0 Å². The molecule has 2 saturated heterocycles. The number of nitrogens with zero attached hydrogens (tertiary/aromatic N) is 4. The van der Waals surface area contributed by atoms with Crippen molar-refractivity contribution < 1.29 is 19.3 Å². The van der Waals surface area contributed by atoms with E-state index in [0.717, 1.165) is 0 Å². The minimum atomic E-state index is -0.927. The maximum Gasteiger partial charge on any atom is 0.167 e. The van der Waals surface area contributed by atoms with Gasteiger partial charge >= 0.3 is 0 Å². The molecular weight excluding hydrogens is 324 g/mol. The number of hydrogen-bond donors (Lipinski definition) is 1. The summed E-state index contributed by atoms with van der Waals surface area (Å²) in [6.45, 7) is 5.53. The van der Waals surface area contributed by atoms with Crippen LogP contribution in [0.3, 0.4) is 0 Å². The van der Waals surface area contributed by atoms with Gasteiger partial charge in [-0.25, -0.2) is 15.0 Å². The summed E-state index contributed by atoms with van der Waals surface area (Å²) in [4.78, 5) is 12.3. The van der Waals surface area contributed by atoms with Gasteiger partial charge in [0, 0.05) is 0 Å². The lowest BCUT2D eigenvalue weighted by Crippen LogP contribution is -2.53. The van der Waals surface area contributed by atoms with Gasteiger partial charge < -0.3 is 19.3 Å². The molecule has 2 aromatic rings. The first-order chi connectivity index (χ1) is 10.9. The summed E-state index contributed by atoms with van der Waals surface area (Å²) in [6, 6.07) is 0. The maximum absolute atomic E-state index is 10.7. The van der Waals surface area contributed by atoms with Crippen molar-refractivity contribution in [2.24, 2.45) is 0 Å². The Bertz CT molecular complexity index is 751. The Hall–Kier alpha value is -1.32. The van der Waals surface area contributed by atoms with Crippen molar-refractivity contribution in [3.63, 3.8) is 0 Å². The van der Waals surface area contributed by atoms with Gasteiger partial charge in [0.15, 0.2) is 22.8 Å². The lowest BCUT2D eigenvalue weighted by molar-refractivity contribution is -0.208. The van der Waals surface area contributed by atoms with E-state index in [1.54, 1.807) is 4.57 Å². The van der Waals surface area contributed by atoms with Gasteiger partial charge in [-0.3, -0.25) is 4.57 Å². The fourth-order valence-electron chi connectivity index (χ4n) is 3.22. The van der Waals surface area contributed by atoms with Crippen molar-refractivity contribution in [3.8, 4) is 0 Å². The molecule has 23 heavy (non-hydrogen) atoms. The highest BCUT2D eigenvalue weighted by molar-refractivity contribution is 6.33. The predicted octanol–water partition coefficient (Wildman–Crippen LogP) is 1.28. The van der Waals surface area contributed by atoms with Crippen LogP contribution in [0.1, 0.15) is 27.0 Å². The summed E-state index contributed by atoms with van der Waals surface area (Å²) >= 11 is 6.03. The second kappa shape index (κ2) is 5.09. The van der Waals surface area contributed by atoms with Crippen molar-refractivity contribution in [2.45, 2.75) is 57.2 Å². The van der Waals surface area contributed by atoms with E-state index in [4.69, 9.17) is 25.8 Å². The number of halogens is 1. The zero-order valence-electron chi connectivity index (χ0n) is 12.9. The summed E-state index contributed by atoms with van der Waals surface area (Å²) in [5, 5.41) is 11.0. The molecule has 0 spiro atoms. The van der Waals surface area contributed by atoms with Crippen LogP contribution in [0.15, 0.2) is 12.7 Å². The smallest absolute Gasteiger partial charge is 0.167 e. The first-order valence-electron chi connectivity index (χ1n) is 7.39. The number of aliphatic hydroxyl groups is 1. The normalized spacial score (nSPS) is 36.3. The highest BCUT2D eigenvalue weighted by Gasteiger charge is 2.54. The number of aromatic nitrogens is 4. The van der Waals surface area contributed by atoms with Crippen LogP contribution in [0.25, 0.3) is 11.2 Å². The third kappa shape index (κ3) is 2.33. The van der Waals surface area contributed by atoms with Gasteiger partial charge in [-0.1, -0.05) is 11.6 Å². The lowest BCUT2D eigenvalue weighted by Gasteiger charge is -2.39. The van der Waals surface area contributed by atoms with E-state index in [0.29, 0.717) is 11.2 Å². The number of imidazole rings is 1. The highest BCUT2D eigenvalue weighted by atomic mass is 35.5. The molecule has 0 amide bonds. The Kier molecular flexibility index (Phi) is 3.37. The zero-order chi connectivity index (χ0) is 16.4. The van der Waals surface area contributed by atoms with Gasteiger partial charge in [0.05, 0.1) is 12.4 Å². The van der Waals surface area contributed by atoms with Crippen molar-refractivity contribution in [3.05, 3.63) is 17.8 Å². The quantitative estimate of drug-likeness (QED) is 0.782. The van der Waals surface area contributed by atoms with E-state index in [-0.39, 0.29) is 17.4 Å². The van der Waals surface area contributed by atoms with Crippen LogP contribution in [0.2, 0.25) is 5.15 Å². The lowest BCUT2D eigenvalue weighted by atomic mass is 9.99. The molecular formula is C14H17ClN4O4. The van der Waals surface area contributed by atoms with Crippen LogP contribution in [-0.4, -0.2) is 54.8 Å². The molecule has 2 fully saturated rings. The van der Waals surface area contributed by atoms with Crippen molar-refractivity contribution in [1.82, 2.24) is 19.5 Å². The molecule has 4 rings (SSSR count). The Morgan fingerprint density at radius 3 is 2.74 bits per heavy atom. The second-order valence-corrected chi connectivity index (χ2v) is 6.63. The molecule has 124 valence electrons. The molecule has 0 saturated carbocycles. The van der Waals surface area contributed by atoms with Crippen LogP contribution >= 0.6 is 11.6 Å². The average Bonchev–Trinajstić information content (AvgIpc) is 3.05. The van der Waals surface area contributed by atoms with E-state index >= 15 is 0 Å². The van der Waals surface area contributed by atoms with Gasteiger partial charge in [-0.15, -0.1) is 0 Å². The van der Waals surface area contributed by atoms with Gasteiger partial charge in [0.1, 0.15) is 30.2 Å². The Balaban J connectivity index is 1.73. The number of hydrogen-bond acceptors (Lipinski definition) is 7. The van der Waals surface area contributed by atoms with Gasteiger partial charge in [0.2, 0.25) is 0 Å². The fraction of sp³-hybridized carbons (Fsp3) is 0.643. The molecule has 5 atom stereocenters. The van der Waals surface area contributed by atoms with Crippen molar-refractivity contribution in [1.29, 1.82) is 0 Å². The molecule has 0 aromatic carbocycles. The molecule has 0 radical (unpaired) electrons. The summed E-state index contributed by atoms with van der Waals surface area (Å²) < 4.78 is 19.3. The molecule has 5 unspecified atom stereocenters. The van der Waals surface area contributed by atoms with Crippen LogP contribution in [-0.2, 0) is 14.2 Å². The zero-order valence-corrected chi connectivity index (χ0v) is 13.6. The Morgan fingerprint density at radius 2 is 1.96 bits per heavy atom. The van der Waals surface area contributed by atoms with Crippen LogP contribution < -0.4 is 0 Å². The first kappa shape index (κ1) is 15.2. The van der Waals surface area contributed by atoms with Crippen LogP contribution in [0.4, 0.5) is 0 Å². The van der Waals surface area contributed by atoms with E-state index < -0.39 is 24.2 Å². The first-order valence-corrected chi connectivity index (χ1v) is 7.77. The van der Waals surface area contributed by atoms with Gasteiger partial charge in [-0.05, 0) is 20.8 Å². The summed E-state index contributed by atoms with van der Waals surface area (Å²) in [6.07, 6.45) is 0.182. The topological polar surface area (TPSA) is 91.5 Å². The molecule has 1 N–H and O–H groups in total. The third-order valence-electron chi connectivity index (χ3n) is 4.20. The van der Waals surface area contributed by atoms with Gasteiger partial charge in [0.25, 0.3) is 0 Å². The molecule has 4 heterocycles. The molecule has 2 aromatic heterocycles. The number of fused-ring (bicyclic) bond motifs is 2. The second-order valence-electron chi connectivity index (χ2n) is 6.28.